The lowest BCUT2D eigenvalue weighted by molar-refractivity contribution is -0.0499. The standard InChI is InChI=1S/C13H18N2O5/c1-6-7(2)15(12(19)14-10(6)18)11-13(3-4-13)9(17)8(5-16)20-11/h8-9,11,16-17H,3-5H2,1-2H3,(H,14,18,19)/t8-,9-,11-/m1/s1/i5D2,8D,9D. The predicted octanol–water partition coefficient (Wildman–Crippen LogP) is -0.816. The molecule has 1 aromatic rings. The third-order valence-corrected chi connectivity index (χ3v) is 4.20. The number of rotatable bonds is 2. The highest BCUT2D eigenvalue weighted by atomic mass is 16.5. The van der Waals surface area contributed by atoms with Crippen LogP contribution in [0.15, 0.2) is 9.59 Å². The maximum absolute atomic E-state index is 12.3. The van der Waals surface area contributed by atoms with Gasteiger partial charge in [-0.2, -0.15) is 0 Å². The second-order valence-electron chi connectivity index (χ2n) is 5.26. The number of nitrogens with zero attached hydrogens (tertiary/aromatic N) is 1. The first-order chi connectivity index (χ1) is 10.8. The lowest BCUT2D eigenvalue weighted by Gasteiger charge is -2.23. The summed E-state index contributed by atoms with van der Waals surface area (Å²) < 4.78 is 37.3. The first kappa shape index (κ1) is 9.49. The summed E-state index contributed by atoms with van der Waals surface area (Å²) in [7, 11) is 0. The zero-order chi connectivity index (χ0) is 18.3. The molecule has 3 N–H and O–H groups in total. The molecule has 3 atom stereocenters. The zero-order valence-electron chi connectivity index (χ0n) is 15.1. The molecule has 0 radical (unpaired) electrons. The smallest absolute Gasteiger partial charge is 0.330 e. The minimum Gasteiger partial charge on any atom is -0.394 e. The van der Waals surface area contributed by atoms with Crippen LogP contribution >= 0.6 is 0 Å². The van der Waals surface area contributed by atoms with E-state index in [2.05, 4.69) is 4.98 Å². The molecule has 7 nitrogen and oxygen atoms in total. The number of ether oxygens (including phenoxy) is 1. The van der Waals surface area contributed by atoms with Gasteiger partial charge in [0.2, 0.25) is 0 Å². The van der Waals surface area contributed by atoms with Crippen molar-refractivity contribution in [3.8, 4) is 0 Å². The topological polar surface area (TPSA) is 105 Å². The Kier molecular flexibility index (Phi) is 2.03. The molecule has 7 heteroatoms. The Morgan fingerprint density at radius 2 is 2.20 bits per heavy atom. The highest BCUT2D eigenvalue weighted by molar-refractivity contribution is 5.18. The van der Waals surface area contributed by atoms with E-state index in [0.29, 0.717) is 0 Å². The zero-order valence-corrected chi connectivity index (χ0v) is 11.1. The highest BCUT2D eigenvalue weighted by Crippen LogP contribution is 2.62. The largest absolute Gasteiger partial charge is 0.394 e. The van der Waals surface area contributed by atoms with Gasteiger partial charge in [-0.25, -0.2) is 4.79 Å². The van der Waals surface area contributed by atoms with E-state index in [-0.39, 0.29) is 24.1 Å². The Labute approximate surface area is 120 Å². The van der Waals surface area contributed by atoms with Gasteiger partial charge in [0.1, 0.15) is 12.3 Å². The molecule has 0 bridgehead atoms. The molecule has 1 saturated heterocycles. The van der Waals surface area contributed by atoms with Crippen molar-refractivity contribution in [2.45, 2.75) is 45.1 Å². The maximum Gasteiger partial charge on any atom is 0.330 e. The van der Waals surface area contributed by atoms with Crippen LogP contribution in [0.4, 0.5) is 0 Å². The fraction of sp³-hybridized carbons (Fsp3) is 0.692. The fourth-order valence-corrected chi connectivity index (χ4v) is 2.65. The molecule has 3 rings (SSSR count). The van der Waals surface area contributed by atoms with E-state index in [1.54, 1.807) is 0 Å². The molecule has 1 aliphatic heterocycles. The number of nitrogens with one attached hydrogen (secondary N) is 1. The summed E-state index contributed by atoms with van der Waals surface area (Å²) in [5.41, 5.74) is -2.43. The molecule has 20 heavy (non-hydrogen) atoms. The van der Waals surface area contributed by atoms with E-state index in [1.165, 1.54) is 13.8 Å². The molecule has 0 unspecified atom stereocenters. The molecular weight excluding hydrogens is 264 g/mol. The van der Waals surface area contributed by atoms with Gasteiger partial charge in [0.15, 0.2) is 0 Å². The molecule has 2 fully saturated rings. The summed E-state index contributed by atoms with van der Waals surface area (Å²) >= 11 is 0. The lowest BCUT2D eigenvalue weighted by atomic mass is 9.96. The Morgan fingerprint density at radius 3 is 2.75 bits per heavy atom. The van der Waals surface area contributed by atoms with Gasteiger partial charge >= 0.3 is 5.69 Å². The van der Waals surface area contributed by atoms with Crippen LogP contribution < -0.4 is 11.2 Å². The molecule has 1 saturated carbocycles. The fourth-order valence-electron chi connectivity index (χ4n) is 2.65. The Balaban J connectivity index is 2.25. The SMILES string of the molecule is [2H]C([2H])(O)[C@@]1([2H])O[C@@H](n2c(C)c(C)c(=O)[nH]c2=O)C2(CC2)[C@]1([2H])O. The molecule has 2 heterocycles. The molecule has 1 spiro atoms. The van der Waals surface area contributed by atoms with Crippen molar-refractivity contribution in [2.75, 3.05) is 6.56 Å². The minimum absolute atomic E-state index is 0.207. The van der Waals surface area contributed by atoms with E-state index >= 15 is 0 Å². The highest BCUT2D eigenvalue weighted by Gasteiger charge is 2.64. The quantitative estimate of drug-likeness (QED) is 0.659. The van der Waals surface area contributed by atoms with Gasteiger partial charge in [0, 0.05) is 16.7 Å². The molecular formula is C13H18N2O5. The lowest BCUT2D eigenvalue weighted by Crippen LogP contribution is -2.39. The van der Waals surface area contributed by atoms with Crippen LogP contribution in [0.3, 0.4) is 0 Å². The maximum atomic E-state index is 12.3. The van der Waals surface area contributed by atoms with Crippen LogP contribution in [0.5, 0.6) is 0 Å². The van der Waals surface area contributed by atoms with Crippen molar-refractivity contribution in [2.24, 2.45) is 5.41 Å². The van der Waals surface area contributed by atoms with Crippen LogP contribution in [-0.2, 0) is 4.74 Å². The van der Waals surface area contributed by atoms with E-state index in [0.717, 1.165) is 4.57 Å². The average Bonchev–Trinajstić information content (AvgIpc) is 3.21. The van der Waals surface area contributed by atoms with Crippen LogP contribution in [0.2, 0.25) is 0 Å². The van der Waals surface area contributed by atoms with Crippen molar-refractivity contribution in [1.29, 1.82) is 0 Å². The van der Waals surface area contributed by atoms with E-state index < -0.39 is 41.6 Å². The molecule has 1 aromatic heterocycles. The second-order valence-corrected chi connectivity index (χ2v) is 5.26. The number of hydrogen-bond acceptors (Lipinski definition) is 5. The summed E-state index contributed by atoms with van der Waals surface area (Å²) in [6.45, 7) is -0.390. The van der Waals surface area contributed by atoms with Gasteiger partial charge in [-0.15, -0.1) is 0 Å². The molecule has 2 aliphatic rings. The molecule has 1 aliphatic carbocycles. The van der Waals surface area contributed by atoms with E-state index in [9.17, 15) is 19.8 Å². The molecule has 0 amide bonds. The number of aromatic amines is 1. The normalized spacial score (nSPS) is 41.9. The summed E-state index contributed by atoms with van der Waals surface area (Å²) in [6.07, 6.45) is -6.75. The van der Waals surface area contributed by atoms with Gasteiger partial charge in [-0.3, -0.25) is 14.3 Å². The monoisotopic (exact) mass is 286 g/mol. The van der Waals surface area contributed by atoms with Gasteiger partial charge in [-0.05, 0) is 26.7 Å². The summed E-state index contributed by atoms with van der Waals surface area (Å²) in [5.74, 6) is 0. The van der Waals surface area contributed by atoms with Gasteiger partial charge in [0.25, 0.3) is 5.56 Å². The van der Waals surface area contributed by atoms with Crippen LogP contribution in [0.25, 0.3) is 0 Å². The summed E-state index contributed by atoms with van der Waals surface area (Å²) in [5, 5.41) is 20.2. The van der Waals surface area contributed by atoms with Crippen molar-refractivity contribution in [3.63, 3.8) is 0 Å². The van der Waals surface area contributed by atoms with Crippen molar-refractivity contribution in [3.05, 3.63) is 32.1 Å². The van der Waals surface area contributed by atoms with E-state index in [1.807, 2.05) is 0 Å². The number of aliphatic hydroxyl groups is 2. The minimum atomic E-state index is -3.34. The first-order valence-corrected chi connectivity index (χ1v) is 6.25. The predicted molar refractivity (Wildman–Crippen MR) is 69.5 cm³/mol. The van der Waals surface area contributed by atoms with E-state index in [4.69, 9.17) is 10.2 Å². The third-order valence-electron chi connectivity index (χ3n) is 4.20. The van der Waals surface area contributed by atoms with Gasteiger partial charge in [-0.1, -0.05) is 0 Å². The molecule has 0 aromatic carbocycles. The number of aromatic nitrogens is 2. The van der Waals surface area contributed by atoms with Crippen molar-refractivity contribution < 1.29 is 20.4 Å². The van der Waals surface area contributed by atoms with Crippen molar-refractivity contribution in [1.82, 2.24) is 9.55 Å². The number of hydrogen-bond donors (Lipinski definition) is 3. The Hall–Kier alpha value is -1.44. The van der Waals surface area contributed by atoms with Crippen LogP contribution in [-0.4, -0.2) is 38.5 Å². The Bertz CT molecular complexity index is 823. The number of H-pyrrole nitrogens is 1. The van der Waals surface area contributed by atoms with Gasteiger partial charge < -0.3 is 14.9 Å². The van der Waals surface area contributed by atoms with Crippen molar-refractivity contribution >= 4 is 0 Å². The molecule has 110 valence electrons. The third kappa shape index (κ3) is 1.63. The second kappa shape index (κ2) is 4.28. The Morgan fingerprint density at radius 1 is 1.55 bits per heavy atom. The van der Waals surface area contributed by atoms with Gasteiger partial charge in [0.05, 0.1) is 18.1 Å². The first-order valence-electron chi connectivity index (χ1n) is 8.25. The van der Waals surface area contributed by atoms with Crippen LogP contribution in [0, 0.1) is 19.3 Å². The summed E-state index contributed by atoms with van der Waals surface area (Å²) in [6, 6.07) is 0. The van der Waals surface area contributed by atoms with Crippen LogP contribution in [0.1, 0.15) is 35.8 Å². The summed E-state index contributed by atoms with van der Waals surface area (Å²) in [4.78, 5) is 26.0. The average molecular weight is 286 g/mol.